The van der Waals surface area contributed by atoms with E-state index in [4.69, 9.17) is 4.74 Å². The van der Waals surface area contributed by atoms with Crippen LogP contribution in [0.2, 0.25) is 0 Å². The van der Waals surface area contributed by atoms with Crippen molar-refractivity contribution in [3.05, 3.63) is 12.7 Å². The summed E-state index contributed by atoms with van der Waals surface area (Å²) in [7, 11) is 0. The molecule has 0 unspecified atom stereocenters. The number of hydrogen-bond acceptors (Lipinski definition) is 2. The summed E-state index contributed by atoms with van der Waals surface area (Å²) >= 11 is 0. The molecule has 1 aliphatic rings. The van der Waals surface area contributed by atoms with Gasteiger partial charge in [0.25, 0.3) is 0 Å². The van der Waals surface area contributed by atoms with E-state index in [1.54, 1.807) is 4.90 Å². The summed E-state index contributed by atoms with van der Waals surface area (Å²) in [4.78, 5) is 13.5. The van der Waals surface area contributed by atoms with Crippen molar-refractivity contribution in [2.75, 3.05) is 13.1 Å². The molecule has 0 aromatic carbocycles. The highest BCUT2D eigenvalue weighted by molar-refractivity contribution is 5.68. The van der Waals surface area contributed by atoms with Crippen LogP contribution in [0.4, 0.5) is 4.79 Å². The molecule has 3 heteroatoms. The van der Waals surface area contributed by atoms with Crippen LogP contribution >= 0.6 is 0 Å². The van der Waals surface area contributed by atoms with E-state index >= 15 is 0 Å². The highest BCUT2D eigenvalue weighted by Gasteiger charge is 2.26. The van der Waals surface area contributed by atoms with Gasteiger partial charge in [-0.25, -0.2) is 4.79 Å². The van der Waals surface area contributed by atoms with Crippen molar-refractivity contribution >= 4 is 6.09 Å². The molecule has 0 aromatic heterocycles. The first-order valence-corrected chi connectivity index (χ1v) is 5.64. The third-order valence-corrected chi connectivity index (χ3v) is 2.68. The lowest BCUT2D eigenvalue weighted by atomic mass is 10.0. The number of nitrogens with zero attached hydrogens (tertiary/aromatic N) is 1. The topological polar surface area (TPSA) is 29.5 Å². The van der Waals surface area contributed by atoms with Crippen LogP contribution in [0.25, 0.3) is 0 Å². The van der Waals surface area contributed by atoms with E-state index in [1.807, 2.05) is 19.9 Å². The highest BCUT2D eigenvalue weighted by Crippen LogP contribution is 2.20. The van der Waals surface area contributed by atoms with Crippen LogP contribution in [0, 0.1) is 0 Å². The molecule has 0 aliphatic carbocycles. The normalized spacial score (nSPS) is 16.5. The van der Waals surface area contributed by atoms with E-state index in [1.165, 1.54) is 0 Å². The molecule has 0 saturated carbocycles. The molecule has 86 valence electrons. The van der Waals surface area contributed by atoms with Gasteiger partial charge in [-0.1, -0.05) is 6.08 Å². The van der Waals surface area contributed by atoms with Crippen molar-refractivity contribution in [2.24, 2.45) is 0 Å². The zero-order chi connectivity index (χ0) is 11.3. The molecule has 1 saturated heterocycles. The Bertz CT molecular complexity index is 230. The second kappa shape index (κ2) is 5.19. The largest absolute Gasteiger partial charge is 0.443 e. The molecule has 1 amide bonds. The first-order valence-electron chi connectivity index (χ1n) is 5.64. The molecular weight excluding hydrogens is 190 g/mol. The Morgan fingerprint density at radius 1 is 1.47 bits per heavy atom. The summed E-state index contributed by atoms with van der Waals surface area (Å²) in [6.45, 7) is 9.25. The molecule has 3 nitrogen and oxygen atoms in total. The lowest BCUT2D eigenvalue weighted by Crippen LogP contribution is -2.36. The van der Waals surface area contributed by atoms with Crippen molar-refractivity contribution in [2.45, 2.75) is 45.1 Å². The third kappa shape index (κ3) is 3.94. The predicted molar refractivity (Wildman–Crippen MR) is 60.8 cm³/mol. The summed E-state index contributed by atoms with van der Waals surface area (Å²) in [6, 6.07) is 0. The fourth-order valence-corrected chi connectivity index (χ4v) is 1.70. The molecule has 1 aliphatic heterocycles. The first kappa shape index (κ1) is 12.1. The average molecular weight is 211 g/mol. The number of hydrogen-bond donors (Lipinski definition) is 0. The second-order valence-electron chi connectivity index (χ2n) is 4.65. The van der Waals surface area contributed by atoms with Gasteiger partial charge in [0.1, 0.15) is 5.60 Å². The van der Waals surface area contributed by atoms with Gasteiger partial charge in [0.2, 0.25) is 0 Å². The van der Waals surface area contributed by atoms with E-state index < -0.39 is 0 Å². The fraction of sp³-hybridized carbons (Fsp3) is 0.750. The van der Waals surface area contributed by atoms with Crippen LogP contribution in [-0.4, -0.2) is 29.7 Å². The standard InChI is InChI=1S/C12H21NO2/c1-4-5-8-12(2,3)15-11(14)13-9-6-7-10-13/h4H,1,5-10H2,2-3H3. The summed E-state index contributed by atoms with van der Waals surface area (Å²) < 4.78 is 5.46. The number of amides is 1. The fourth-order valence-electron chi connectivity index (χ4n) is 1.70. The highest BCUT2D eigenvalue weighted by atomic mass is 16.6. The van der Waals surface area contributed by atoms with Gasteiger partial charge in [0.05, 0.1) is 0 Å². The summed E-state index contributed by atoms with van der Waals surface area (Å²) in [6.07, 6.45) is 5.59. The second-order valence-corrected chi connectivity index (χ2v) is 4.65. The Labute approximate surface area is 92.1 Å². The van der Waals surface area contributed by atoms with E-state index in [0.29, 0.717) is 0 Å². The Morgan fingerprint density at radius 3 is 2.60 bits per heavy atom. The summed E-state index contributed by atoms with van der Waals surface area (Å²) in [5.41, 5.74) is -0.381. The maximum Gasteiger partial charge on any atom is 0.410 e. The minimum absolute atomic E-state index is 0.165. The molecule has 0 radical (unpaired) electrons. The molecule has 0 bridgehead atoms. The van der Waals surface area contributed by atoms with Gasteiger partial charge in [0, 0.05) is 13.1 Å². The molecule has 0 aromatic rings. The van der Waals surface area contributed by atoms with Crippen molar-refractivity contribution in [3.8, 4) is 0 Å². The lowest BCUT2D eigenvalue weighted by molar-refractivity contribution is 0.0130. The van der Waals surface area contributed by atoms with Crippen molar-refractivity contribution in [1.29, 1.82) is 0 Å². The van der Waals surface area contributed by atoms with Crippen LogP contribution in [0.3, 0.4) is 0 Å². The Morgan fingerprint density at radius 2 is 2.07 bits per heavy atom. The van der Waals surface area contributed by atoms with Gasteiger partial charge < -0.3 is 9.64 Å². The lowest BCUT2D eigenvalue weighted by Gasteiger charge is -2.27. The Balaban J connectivity index is 2.37. The zero-order valence-corrected chi connectivity index (χ0v) is 9.79. The molecule has 1 heterocycles. The number of rotatable bonds is 4. The van der Waals surface area contributed by atoms with E-state index in [0.717, 1.165) is 38.8 Å². The zero-order valence-electron chi connectivity index (χ0n) is 9.79. The van der Waals surface area contributed by atoms with E-state index in [9.17, 15) is 4.79 Å². The van der Waals surface area contributed by atoms with Crippen LogP contribution in [0.5, 0.6) is 0 Å². The van der Waals surface area contributed by atoms with Gasteiger partial charge in [0.15, 0.2) is 0 Å². The van der Waals surface area contributed by atoms with Gasteiger partial charge in [-0.2, -0.15) is 0 Å². The number of carbonyl (C=O) groups excluding carboxylic acids is 1. The summed E-state index contributed by atoms with van der Waals surface area (Å²) in [5, 5.41) is 0. The minimum atomic E-state index is -0.381. The molecular formula is C12H21NO2. The molecule has 1 fully saturated rings. The summed E-state index contributed by atoms with van der Waals surface area (Å²) in [5.74, 6) is 0. The number of allylic oxidation sites excluding steroid dienone is 1. The van der Waals surface area contributed by atoms with Crippen molar-refractivity contribution < 1.29 is 9.53 Å². The smallest absolute Gasteiger partial charge is 0.410 e. The maximum atomic E-state index is 11.7. The number of likely N-dealkylation sites (tertiary alicyclic amines) is 1. The Hall–Kier alpha value is -0.990. The van der Waals surface area contributed by atoms with Gasteiger partial charge in [-0.3, -0.25) is 0 Å². The van der Waals surface area contributed by atoms with Crippen LogP contribution in [0.1, 0.15) is 39.5 Å². The third-order valence-electron chi connectivity index (χ3n) is 2.68. The van der Waals surface area contributed by atoms with E-state index in [-0.39, 0.29) is 11.7 Å². The monoisotopic (exact) mass is 211 g/mol. The Kier molecular flexibility index (Phi) is 4.18. The maximum absolute atomic E-state index is 11.7. The van der Waals surface area contributed by atoms with Crippen LogP contribution in [0.15, 0.2) is 12.7 Å². The number of ether oxygens (including phenoxy) is 1. The van der Waals surface area contributed by atoms with Crippen molar-refractivity contribution in [3.63, 3.8) is 0 Å². The molecule has 0 atom stereocenters. The molecule has 1 rings (SSSR count). The molecule has 0 spiro atoms. The van der Waals surface area contributed by atoms with E-state index in [2.05, 4.69) is 6.58 Å². The van der Waals surface area contributed by atoms with Gasteiger partial charge in [-0.05, 0) is 39.5 Å². The first-order chi connectivity index (χ1) is 7.05. The van der Waals surface area contributed by atoms with Gasteiger partial charge in [-0.15, -0.1) is 6.58 Å². The SMILES string of the molecule is C=CCCC(C)(C)OC(=O)N1CCCC1. The number of carbonyl (C=O) groups is 1. The quantitative estimate of drug-likeness (QED) is 0.669. The molecule has 15 heavy (non-hydrogen) atoms. The minimum Gasteiger partial charge on any atom is -0.443 e. The van der Waals surface area contributed by atoms with Crippen LogP contribution < -0.4 is 0 Å². The van der Waals surface area contributed by atoms with Crippen LogP contribution in [-0.2, 0) is 4.74 Å². The van der Waals surface area contributed by atoms with Crippen molar-refractivity contribution in [1.82, 2.24) is 4.90 Å². The average Bonchev–Trinajstić information content (AvgIpc) is 2.67. The van der Waals surface area contributed by atoms with Gasteiger partial charge >= 0.3 is 6.09 Å². The predicted octanol–water partition coefficient (Wildman–Crippen LogP) is 2.96. The molecule has 0 N–H and O–H groups in total.